The molecule has 0 unspecified atom stereocenters. The number of hydrogen-bond acceptors (Lipinski definition) is 4. The topological polar surface area (TPSA) is 42.0 Å². The van der Waals surface area contributed by atoms with Gasteiger partial charge in [0.15, 0.2) is 0 Å². The molecule has 30 heavy (non-hydrogen) atoms. The lowest BCUT2D eigenvalue weighted by Crippen LogP contribution is -2.50. The van der Waals surface area contributed by atoms with Crippen LogP contribution in [0.15, 0.2) is 48.5 Å². The molecular formula is C25H30N2O3. The van der Waals surface area contributed by atoms with Gasteiger partial charge in [0.25, 0.3) is 0 Å². The first-order valence-corrected chi connectivity index (χ1v) is 11.2. The second kappa shape index (κ2) is 8.40. The second-order valence-corrected chi connectivity index (χ2v) is 8.64. The van der Waals surface area contributed by atoms with E-state index in [1.807, 2.05) is 55.6 Å². The Balaban J connectivity index is 1.30. The summed E-state index contributed by atoms with van der Waals surface area (Å²) in [5.41, 5.74) is 1.95. The first-order valence-electron chi connectivity index (χ1n) is 11.2. The monoisotopic (exact) mass is 406 g/mol. The van der Waals surface area contributed by atoms with Gasteiger partial charge in [-0.3, -0.25) is 4.79 Å². The zero-order chi connectivity index (χ0) is 20.5. The van der Waals surface area contributed by atoms with Gasteiger partial charge in [0.2, 0.25) is 5.91 Å². The number of carbonyl (C=O) groups excluding carboxylic acids is 1. The molecular weight excluding hydrogens is 376 g/mol. The number of fused-ring (bicyclic) bond motifs is 2. The molecule has 0 aromatic heterocycles. The molecule has 0 saturated carbocycles. The lowest BCUT2D eigenvalue weighted by molar-refractivity contribution is -0.133. The molecule has 0 N–H and O–H groups in total. The molecule has 0 aliphatic carbocycles. The maximum Gasteiger partial charge on any atom is 0.234 e. The molecule has 5 rings (SSSR count). The molecule has 3 heterocycles. The predicted molar refractivity (Wildman–Crippen MR) is 116 cm³/mol. The van der Waals surface area contributed by atoms with Crippen molar-refractivity contribution in [2.45, 2.75) is 43.7 Å². The van der Waals surface area contributed by atoms with Gasteiger partial charge in [-0.05, 0) is 37.8 Å². The molecule has 2 aromatic rings. The number of methoxy groups -OCH3 is 1. The SMILES string of the molecule is COC1CCN(C2CCN(C(=O)C3c4ccccc4Oc4ccccc43)CC2)CC1. The maximum atomic E-state index is 13.7. The van der Waals surface area contributed by atoms with Crippen molar-refractivity contribution in [3.8, 4) is 11.5 Å². The van der Waals surface area contributed by atoms with E-state index < -0.39 is 0 Å². The van der Waals surface area contributed by atoms with Crippen LogP contribution in [0.3, 0.4) is 0 Å². The number of carbonyl (C=O) groups is 1. The van der Waals surface area contributed by atoms with Crippen molar-refractivity contribution in [3.05, 3.63) is 59.7 Å². The average Bonchev–Trinajstić information content (AvgIpc) is 2.82. The Kier molecular flexibility index (Phi) is 5.48. The van der Waals surface area contributed by atoms with E-state index in [0.29, 0.717) is 12.1 Å². The van der Waals surface area contributed by atoms with Crippen LogP contribution in [-0.4, -0.2) is 61.1 Å². The van der Waals surface area contributed by atoms with Crippen molar-refractivity contribution in [3.63, 3.8) is 0 Å². The molecule has 5 nitrogen and oxygen atoms in total. The van der Waals surface area contributed by atoms with E-state index in [2.05, 4.69) is 9.80 Å². The Labute approximate surface area is 178 Å². The number of amides is 1. The first-order chi connectivity index (χ1) is 14.7. The predicted octanol–water partition coefficient (Wildman–Crippen LogP) is 4.03. The van der Waals surface area contributed by atoms with Gasteiger partial charge in [0.05, 0.1) is 12.0 Å². The lowest BCUT2D eigenvalue weighted by atomic mass is 9.86. The number of ether oxygens (including phenoxy) is 2. The molecule has 1 amide bonds. The van der Waals surface area contributed by atoms with Crippen LogP contribution >= 0.6 is 0 Å². The smallest absolute Gasteiger partial charge is 0.234 e. The third-order valence-electron chi connectivity index (χ3n) is 7.03. The van der Waals surface area contributed by atoms with Gasteiger partial charge in [0.1, 0.15) is 11.5 Å². The second-order valence-electron chi connectivity index (χ2n) is 8.64. The summed E-state index contributed by atoms with van der Waals surface area (Å²) < 4.78 is 11.6. The van der Waals surface area contributed by atoms with Gasteiger partial charge in [-0.25, -0.2) is 0 Å². The largest absolute Gasteiger partial charge is 0.457 e. The van der Waals surface area contributed by atoms with Crippen LogP contribution < -0.4 is 4.74 Å². The van der Waals surface area contributed by atoms with E-state index in [9.17, 15) is 4.79 Å². The molecule has 5 heteroatoms. The van der Waals surface area contributed by atoms with Gasteiger partial charge in [-0.15, -0.1) is 0 Å². The Bertz CT molecular complexity index is 853. The van der Waals surface area contributed by atoms with Crippen LogP contribution in [-0.2, 0) is 9.53 Å². The number of para-hydroxylation sites is 2. The minimum atomic E-state index is -0.278. The first kappa shape index (κ1) is 19.6. The highest BCUT2D eigenvalue weighted by Crippen LogP contribution is 2.44. The molecule has 0 radical (unpaired) electrons. The quantitative estimate of drug-likeness (QED) is 0.772. The summed E-state index contributed by atoms with van der Waals surface area (Å²) in [6.45, 7) is 3.88. The van der Waals surface area contributed by atoms with Crippen LogP contribution in [0.5, 0.6) is 11.5 Å². The average molecular weight is 407 g/mol. The standard InChI is InChI=1S/C25H30N2O3/c1-29-19-12-16-26(17-13-19)18-10-14-27(15-11-18)25(28)24-20-6-2-4-8-22(20)30-23-9-5-3-7-21(23)24/h2-9,18-19,24H,10-17H2,1H3. The summed E-state index contributed by atoms with van der Waals surface area (Å²) in [6.07, 6.45) is 4.75. The Morgan fingerprint density at radius 3 is 2.00 bits per heavy atom. The fourth-order valence-electron chi connectivity index (χ4n) is 5.29. The molecule has 2 fully saturated rings. The van der Waals surface area contributed by atoms with Crippen molar-refractivity contribution in [1.82, 2.24) is 9.80 Å². The summed E-state index contributed by atoms with van der Waals surface area (Å²) in [5.74, 6) is 1.52. The van der Waals surface area contributed by atoms with Crippen LogP contribution in [0.4, 0.5) is 0 Å². The van der Waals surface area contributed by atoms with Gasteiger partial charge in [0, 0.05) is 50.5 Å². The highest BCUT2D eigenvalue weighted by atomic mass is 16.5. The Morgan fingerprint density at radius 2 is 1.43 bits per heavy atom. The van der Waals surface area contributed by atoms with Crippen LogP contribution in [0.2, 0.25) is 0 Å². The fourth-order valence-corrected chi connectivity index (χ4v) is 5.29. The summed E-state index contributed by atoms with van der Waals surface area (Å²) in [5, 5.41) is 0. The molecule has 0 atom stereocenters. The van der Waals surface area contributed by atoms with Gasteiger partial charge >= 0.3 is 0 Å². The van der Waals surface area contributed by atoms with Crippen molar-refractivity contribution in [1.29, 1.82) is 0 Å². The van der Waals surface area contributed by atoms with Crippen molar-refractivity contribution in [2.24, 2.45) is 0 Å². The highest BCUT2D eigenvalue weighted by molar-refractivity contribution is 5.89. The summed E-state index contributed by atoms with van der Waals surface area (Å²) in [7, 11) is 1.82. The normalized spacial score (nSPS) is 21.0. The number of benzene rings is 2. The minimum absolute atomic E-state index is 0.203. The number of rotatable bonds is 3. The van der Waals surface area contributed by atoms with Crippen LogP contribution in [0.25, 0.3) is 0 Å². The number of hydrogen-bond donors (Lipinski definition) is 0. The molecule has 0 bridgehead atoms. The van der Waals surface area contributed by atoms with Gasteiger partial charge in [-0.2, -0.15) is 0 Å². The fraction of sp³-hybridized carbons (Fsp3) is 0.480. The van der Waals surface area contributed by atoms with E-state index in [1.165, 1.54) is 0 Å². The molecule has 2 saturated heterocycles. The van der Waals surface area contributed by atoms with Crippen LogP contribution in [0.1, 0.15) is 42.7 Å². The number of nitrogens with zero attached hydrogens (tertiary/aromatic N) is 2. The van der Waals surface area contributed by atoms with Gasteiger partial charge < -0.3 is 19.3 Å². The van der Waals surface area contributed by atoms with E-state index in [0.717, 1.165) is 74.5 Å². The van der Waals surface area contributed by atoms with Crippen molar-refractivity contribution >= 4 is 5.91 Å². The minimum Gasteiger partial charge on any atom is -0.457 e. The summed E-state index contributed by atoms with van der Waals surface area (Å²) in [4.78, 5) is 18.4. The Hall–Kier alpha value is -2.37. The maximum absolute atomic E-state index is 13.7. The molecule has 3 aliphatic heterocycles. The van der Waals surface area contributed by atoms with Crippen LogP contribution in [0, 0.1) is 0 Å². The van der Waals surface area contributed by atoms with E-state index in [1.54, 1.807) is 0 Å². The summed E-state index contributed by atoms with van der Waals surface area (Å²) in [6, 6.07) is 16.5. The molecule has 2 aromatic carbocycles. The number of likely N-dealkylation sites (tertiary alicyclic amines) is 2. The van der Waals surface area contributed by atoms with E-state index in [4.69, 9.17) is 9.47 Å². The highest BCUT2D eigenvalue weighted by Gasteiger charge is 2.37. The molecule has 3 aliphatic rings. The van der Waals surface area contributed by atoms with E-state index >= 15 is 0 Å². The molecule has 158 valence electrons. The number of piperidine rings is 2. The van der Waals surface area contributed by atoms with Gasteiger partial charge in [-0.1, -0.05) is 36.4 Å². The Morgan fingerprint density at radius 1 is 0.867 bits per heavy atom. The lowest BCUT2D eigenvalue weighted by Gasteiger charge is -2.42. The third kappa shape index (κ3) is 3.61. The zero-order valence-corrected chi connectivity index (χ0v) is 17.6. The van der Waals surface area contributed by atoms with E-state index in [-0.39, 0.29) is 11.8 Å². The molecule has 0 spiro atoms. The van der Waals surface area contributed by atoms with Crippen molar-refractivity contribution < 1.29 is 14.3 Å². The zero-order valence-electron chi connectivity index (χ0n) is 17.6. The third-order valence-corrected chi connectivity index (χ3v) is 7.03. The van der Waals surface area contributed by atoms with Crippen molar-refractivity contribution in [2.75, 3.05) is 33.3 Å². The summed E-state index contributed by atoms with van der Waals surface area (Å²) >= 11 is 0.